The lowest BCUT2D eigenvalue weighted by molar-refractivity contribution is -0.384. The summed E-state index contributed by atoms with van der Waals surface area (Å²) in [6.45, 7) is 6.14. The van der Waals surface area contributed by atoms with Gasteiger partial charge in [0.1, 0.15) is 5.75 Å². The molecule has 3 aromatic rings. The lowest BCUT2D eigenvalue weighted by Crippen LogP contribution is -2.21. The third-order valence-electron chi connectivity index (χ3n) is 4.18. The van der Waals surface area contributed by atoms with E-state index in [1.54, 1.807) is 17.5 Å². The van der Waals surface area contributed by atoms with Crippen LogP contribution in [0.2, 0.25) is 0 Å². The van der Waals surface area contributed by atoms with E-state index in [-0.39, 0.29) is 23.6 Å². The van der Waals surface area contributed by atoms with E-state index in [1.807, 2.05) is 24.3 Å². The van der Waals surface area contributed by atoms with E-state index in [1.165, 1.54) is 23.5 Å². The number of para-hydroxylation sites is 1. The molecule has 3 rings (SSSR count). The van der Waals surface area contributed by atoms with Gasteiger partial charge < -0.3 is 4.74 Å². The average molecular weight is 411 g/mol. The van der Waals surface area contributed by atoms with Gasteiger partial charge in [-0.25, -0.2) is 4.98 Å². The fraction of sp³-hybridized carbons (Fsp3) is 0.238. The Morgan fingerprint density at radius 3 is 2.52 bits per heavy atom. The van der Waals surface area contributed by atoms with Gasteiger partial charge in [0.25, 0.3) is 11.6 Å². The number of anilines is 1. The molecule has 2 aromatic carbocycles. The molecule has 1 N–H and O–H groups in total. The van der Waals surface area contributed by atoms with Gasteiger partial charge in [-0.1, -0.05) is 39.0 Å². The number of nitro benzene ring substituents is 1. The highest BCUT2D eigenvalue weighted by Gasteiger charge is 2.19. The second kappa shape index (κ2) is 8.40. The molecule has 0 atom stereocenters. The van der Waals surface area contributed by atoms with Crippen molar-refractivity contribution in [2.24, 2.45) is 0 Å². The number of carbonyl (C=O) groups is 1. The quantitative estimate of drug-likeness (QED) is 0.453. The van der Waals surface area contributed by atoms with Gasteiger partial charge in [-0.2, -0.15) is 0 Å². The Bertz CT molecular complexity index is 1020. The van der Waals surface area contributed by atoms with Gasteiger partial charge in [-0.15, -0.1) is 11.3 Å². The van der Waals surface area contributed by atoms with Crippen molar-refractivity contribution in [3.8, 4) is 17.0 Å². The number of aromatic nitrogens is 1. The third kappa shape index (κ3) is 5.17. The molecule has 0 saturated carbocycles. The molecule has 0 aliphatic heterocycles. The highest BCUT2D eigenvalue weighted by Crippen LogP contribution is 2.31. The van der Waals surface area contributed by atoms with E-state index in [0.717, 1.165) is 11.1 Å². The molecule has 0 saturated heterocycles. The van der Waals surface area contributed by atoms with Crippen LogP contribution in [0.3, 0.4) is 0 Å². The van der Waals surface area contributed by atoms with Crippen molar-refractivity contribution in [1.29, 1.82) is 0 Å². The van der Waals surface area contributed by atoms with E-state index >= 15 is 0 Å². The van der Waals surface area contributed by atoms with Gasteiger partial charge in [0, 0.05) is 23.1 Å². The highest BCUT2D eigenvalue weighted by atomic mass is 32.1. The normalized spacial score (nSPS) is 11.1. The Morgan fingerprint density at radius 1 is 1.17 bits per heavy atom. The van der Waals surface area contributed by atoms with Gasteiger partial charge in [-0.3, -0.25) is 20.2 Å². The number of benzene rings is 2. The zero-order valence-corrected chi connectivity index (χ0v) is 17.2. The van der Waals surface area contributed by atoms with Crippen molar-refractivity contribution in [1.82, 2.24) is 4.98 Å². The molecule has 1 heterocycles. The second-order valence-corrected chi connectivity index (χ2v) is 8.28. The van der Waals surface area contributed by atoms with E-state index in [4.69, 9.17) is 4.74 Å². The maximum absolute atomic E-state index is 12.3. The minimum atomic E-state index is -0.450. The molecule has 0 aliphatic carbocycles. The summed E-state index contributed by atoms with van der Waals surface area (Å²) in [6.07, 6.45) is 0. The summed E-state index contributed by atoms with van der Waals surface area (Å²) in [5, 5.41) is 15.7. The number of nitro groups is 1. The Balaban J connectivity index is 1.62. The highest BCUT2D eigenvalue weighted by molar-refractivity contribution is 7.14. The average Bonchev–Trinajstić information content (AvgIpc) is 3.14. The molecule has 150 valence electrons. The molecule has 0 spiro atoms. The number of nitrogens with zero attached hydrogens (tertiary/aromatic N) is 2. The number of hydrogen-bond acceptors (Lipinski definition) is 6. The van der Waals surface area contributed by atoms with Crippen LogP contribution in [0.1, 0.15) is 26.3 Å². The summed E-state index contributed by atoms with van der Waals surface area (Å²) in [7, 11) is 0. The number of thiazole rings is 1. The number of amides is 1. The van der Waals surface area contributed by atoms with Crippen LogP contribution in [-0.4, -0.2) is 22.4 Å². The van der Waals surface area contributed by atoms with Gasteiger partial charge >= 0.3 is 0 Å². The molecule has 29 heavy (non-hydrogen) atoms. The minimum Gasteiger partial charge on any atom is -0.483 e. The lowest BCUT2D eigenvalue weighted by atomic mass is 9.86. The largest absolute Gasteiger partial charge is 0.483 e. The van der Waals surface area contributed by atoms with Crippen molar-refractivity contribution in [2.45, 2.75) is 26.2 Å². The summed E-state index contributed by atoms with van der Waals surface area (Å²) in [5.74, 6) is 0.374. The molecule has 1 amide bonds. The summed E-state index contributed by atoms with van der Waals surface area (Å²) < 4.78 is 5.73. The smallest absolute Gasteiger partial charge is 0.269 e. The van der Waals surface area contributed by atoms with Crippen molar-refractivity contribution < 1.29 is 14.5 Å². The molecule has 0 unspecified atom stereocenters. The summed E-state index contributed by atoms with van der Waals surface area (Å²) in [5.41, 5.74) is 2.33. The van der Waals surface area contributed by atoms with Gasteiger partial charge in [-0.05, 0) is 29.2 Å². The number of carbonyl (C=O) groups excluding carboxylic acids is 1. The molecule has 0 radical (unpaired) electrons. The molecule has 0 bridgehead atoms. The van der Waals surface area contributed by atoms with Crippen LogP contribution in [0, 0.1) is 10.1 Å². The van der Waals surface area contributed by atoms with Crippen LogP contribution in [-0.2, 0) is 10.2 Å². The molecule has 1 aromatic heterocycles. The van der Waals surface area contributed by atoms with Crippen molar-refractivity contribution in [3.63, 3.8) is 0 Å². The Hall–Kier alpha value is -3.26. The van der Waals surface area contributed by atoms with E-state index in [9.17, 15) is 14.9 Å². The first-order chi connectivity index (χ1) is 13.7. The first kappa shape index (κ1) is 20.5. The minimum absolute atomic E-state index is 0.0187. The number of rotatable bonds is 6. The monoisotopic (exact) mass is 411 g/mol. The molecule has 0 aliphatic rings. The van der Waals surface area contributed by atoms with Crippen molar-refractivity contribution in [2.75, 3.05) is 11.9 Å². The van der Waals surface area contributed by atoms with Gasteiger partial charge in [0.15, 0.2) is 11.7 Å². The van der Waals surface area contributed by atoms with Gasteiger partial charge in [0.05, 0.1) is 10.6 Å². The zero-order valence-electron chi connectivity index (χ0n) is 16.3. The number of nitrogens with one attached hydrogen (secondary N) is 1. The summed E-state index contributed by atoms with van der Waals surface area (Å²) in [4.78, 5) is 26.9. The Kier molecular flexibility index (Phi) is 5.93. The van der Waals surface area contributed by atoms with Crippen LogP contribution in [0.25, 0.3) is 11.3 Å². The SMILES string of the molecule is CC(C)(C)c1ccccc1OCC(=O)Nc1nc(-c2ccc([N+](=O)[O-])cc2)cs1. The first-order valence-electron chi connectivity index (χ1n) is 8.96. The topological polar surface area (TPSA) is 94.4 Å². The van der Waals surface area contributed by atoms with Crippen LogP contribution < -0.4 is 10.1 Å². The fourth-order valence-electron chi connectivity index (χ4n) is 2.73. The van der Waals surface area contributed by atoms with Crippen LogP contribution in [0.15, 0.2) is 53.9 Å². The van der Waals surface area contributed by atoms with Crippen LogP contribution in [0.4, 0.5) is 10.8 Å². The number of ether oxygens (including phenoxy) is 1. The molecular weight excluding hydrogens is 390 g/mol. The molecule has 7 nitrogen and oxygen atoms in total. The first-order valence-corrected chi connectivity index (χ1v) is 9.84. The summed E-state index contributed by atoms with van der Waals surface area (Å²) >= 11 is 1.28. The number of non-ortho nitro benzene ring substituents is 1. The third-order valence-corrected chi connectivity index (χ3v) is 4.94. The molecule has 8 heteroatoms. The van der Waals surface area contributed by atoms with Gasteiger partial charge in [0.2, 0.25) is 0 Å². The maximum atomic E-state index is 12.3. The van der Waals surface area contributed by atoms with E-state index in [0.29, 0.717) is 16.6 Å². The predicted molar refractivity (Wildman–Crippen MR) is 113 cm³/mol. The fourth-order valence-corrected chi connectivity index (χ4v) is 3.46. The number of hydrogen-bond donors (Lipinski definition) is 1. The van der Waals surface area contributed by atoms with Crippen molar-refractivity contribution >= 4 is 28.1 Å². The second-order valence-electron chi connectivity index (χ2n) is 7.42. The lowest BCUT2D eigenvalue weighted by Gasteiger charge is -2.22. The molecule has 0 fully saturated rings. The molecular formula is C21H21N3O4S. The van der Waals surface area contributed by atoms with Crippen molar-refractivity contribution in [3.05, 3.63) is 69.6 Å². The van der Waals surface area contributed by atoms with E-state index < -0.39 is 4.92 Å². The van der Waals surface area contributed by atoms with Crippen LogP contribution in [0.5, 0.6) is 5.75 Å². The van der Waals surface area contributed by atoms with Crippen LogP contribution >= 0.6 is 11.3 Å². The standard InChI is InChI=1S/C21H21N3O4S/c1-21(2,3)16-6-4-5-7-18(16)28-12-19(25)23-20-22-17(13-29-20)14-8-10-15(11-9-14)24(26)27/h4-11,13H,12H2,1-3H3,(H,22,23,25). The Morgan fingerprint density at radius 2 is 1.86 bits per heavy atom. The maximum Gasteiger partial charge on any atom is 0.269 e. The van der Waals surface area contributed by atoms with E-state index in [2.05, 4.69) is 31.1 Å². The zero-order chi connectivity index (χ0) is 21.0. The summed E-state index contributed by atoms with van der Waals surface area (Å²) in [6, 6.07) is 13.8. The predicted octanol–water partition coefficient (Wildman–Crippen LogP) is 5.03. The Labute approximate surface area is 172 Å².